The molecule has 0 saturated carbocycles. The van der Waals surface area contributed by atoms with Crippen molar-refractivity contribution in [3.63, 3.8) is 0 Å². The smallest absolute Gasteiger partial charge is 0.320 e. The summed E-state index contributed by atoms with van der Waals surface area (Å²) < 4.78 is 42.4. The number of rotatable bonds is 16. The van der Waals surface area contributed by atoms with Gasteiger partial charge in [0.25, 0.3) is 0 Å². The highest BCUT2D eigenvalue weighted by molar-refractivity contribution is 6.74. The lowest BCUT2D eigenvalue weighted by Crippen LogP contribution is -2.52. The SMILES string of the molecule is CCOC(=O)CN(Cc1cccc2c1OC(C)(C)OC2)CC(CO[Si](C)(C)C(C)(C)C)N(CC(=O)OCC)Cc1cccc2c1OC(C)(C)OC2. The zero-order valence-corrected chi connectivity index (χ0v) is 33.7. The zero-order chi connectivity index (χ0) is 37.6. The van der Waals surface area contributed by atoms with Gasteiger partial charge < -0.3 is 32.8 Å². The monoisotopic (exact) mass is 728 g/mol. The van der Waals surface area contributed by atoms with E-state index in [0.717, 1.165) is 33.8 Å². The molecule has 12 heteroatoms. The van der Waals surface area contributed by atoms with Crippen LogP contribution in [0.2, 0.25) is 18.1 Å². The molecule has 0 bridgehead atoms. The number of carbonyl (C=O) groups is 2. The Bertz CT molecular complexity index is 1500. The Morgan fingerprint density at radius 2 is 1.29 bits per heavy atom. The van der Waals surface area contributed by atoms with Gasteiger partial charge in [0, 0.05) is 75.6 Å². The van der Waals surface area contributed by atoms with Crippen molar-refractivity contribution in [1.29, 1.82) is 0 Å². The van der Waals surface area contributed by atoms with Gasteiger partial charge in [-0.25, -0.2) is 0 Å². The van der Waals surface area contributed by atoms with Gasteiger partial charge in [-0.15, -0.1) is 0 Å². The molecular formula is C39H60N2O9Si. The maximum absolute atomic E-state index is 13.3. The summed E-state index contributed by atoms with van der Waals surface area (Å²) in [4.78, 5) is 30.6. The van der Waals surface area contributed by atoms with Crippen LogP contribution in [0.4, 0.5) is 0 Å². The predicted octanol–water partition coefficient (Wildman–Crippen LogP) is 6.80. The Labute approximate surface area is 305 Å². The summed E-state index contributed by atoms with van der Waals surface area (Å²) in [5.41, 5.74) is 3.75. The molecule has 0 radical (unpaired) electrons. The van der Waals surface area contributed by atoms with E-state index in [0.29, 0.717) is 39.5 Å². The van der Waals surface area contributed by atoms with Crippen molar-refractivity contribution in [3.05, 3.63) is 58.7 Å². The topological polar surface area (TPSA) is 105 Å². The first-order chi connectivity index (χ1) is 23.8. The van der Waals surface area contributed by atoms with Crippen LogP contribution in [0.15, 0.2) is 36.4 Å². The predicted molar refractivity (Wildman–Crippen MR) is 198 cm³/mol. The van der Waals surface area contributed by atoms with Crippen LogP contribution in [0.3, 0.4) is 0 Å². The second-order valence-electron chi connectivity index (χ2n) is 15.8. The molecule has 0 aliphatic carbocycles. The molecular weight excluding hydrogens is 669 g/mol. The van der Waals surface area contributed by atoms with Crippen molar-refractivity contribution in [2.75, 3.05) is 39.5 Å². The zero-order valence-electron chi connectivity index (χ0n) is 32.7. The second-order valence-corrected chi connectivity index (χ2v) is 20.6. The summed E-state index contributed by atoms with van der Waals surface area (Å²) in [5, 5.41) is -0.0403. The lowest BCUT2D eigenvalue weighted by Gasteiger charge is -2.41. The number of para-hydroxylation sites is 2. The molecule has 2 heterocycles. The molecule has 1 atom stereocenters. The molecule has 284 valence electrons. The standard InChI is InChI=1S/C39H60N2O9Si/c1-12-44-33(42)23-40(20-28-16-14-18-30-25-46-38(6,7)49-35(28)30)22-32(27-48-51(10,11)37(3,4)5)41(24-34(43)45-13-2)21-29-17-15-19-31-26-47-39(8,9)50-36(29)31/h14-19,32H,12-13,20-27H2,1-11H3. The number of ether oxygens (including phenoxy) is 6. The van der Waals surface area contributed by atoms with Crippen LogP contribution >= 0.6 is 0 Å². The van der Waals surface area contributed by atoms with Crippen molar-refractivity contribution < 1.29 is 42.4 Å². The highest BCUT2D eigenvalue weighted by Gasteiger charge is 2.39. The molecule has 0 fully saturated rings. The number of carbonyl (C=O) groups excluding carboxylic acids is 2. The molecule has 2 aromatic carbocycles. The molecule has 2 aliphatic rings. The van der Waals surface area contributed by atoms with Crippen molar-refractivity contribution >= 4 is 20.3 Å². The quantitative estimate of drug-likeness (QED) is 0.135. The van der Waals surface area contributed by atoms with Crippen molar-refractivity contribution in [2.24, 2.45) is 0 Å². The Morgan fingerprint density at radius 1 is 0.804 bits per heavy atom. The molecule has 2 aliphatic heterocycles. The summed E-state index contributed by atoms with van der Waals surface area (Å²) in [6.45, 7) is 25.2. The van der Waals surface area contributed by atoms with Crippen LogP contribution in [0.25, 0.3) is 0 Å². The number of fused-ring (bicyclic) bond motifs is 2. The molecule has 0 amide bonds. The van der Waals surface area contributed by atoms with E-state index in [2.05, 4.69) is 43.7 Å². The van der Waals surface area contributed by atoms with E-state index in [-0.39, 0.29) is 49.3 Å². The van der Waals surface area contributed by atoms with Crippen LogP contribution < -0.4 is 9.47 Å². The molecule has 1 unspecified atom stereocenters. The van der Waals surface area contributed by atoms with E-state index >= 15 is 0 Å². The fraction of sp³-hybridized carbons (Fsp3) is 0.641. The van der Waals surface area contributed by atoms with Crippen molar-refractivity contribution in [3.8, 4) is 11.5 Å². The van der Waals surface area contributed by atoms with E-state index in [4.69, 9.17) is 32.8 Å². The maximum atomic E-state index is 13.3. The molecule has 11 nitrogen and oxygen atoms in total. The van der Waals surface area contributed by atoms with Crippen LogP contribution in [0.5, 0.6) is 11.5 Å². The molecule has 0 N–H and O–H groups in total. The van der Waals surface area contributed by atoms with Crippen LogP contribution in [-0.4, -0.2) is 87.1 Å². The van der Waals surface area contributed by atoms with E-state index in [9.17, 15) is 9.59 Å². The number of hydrogen-bond donors (Lipinski definition) is 0. The average Bonchev–Trinajstić information content (AvgIpc) is 3.02. The largest absolute Gasteiger partial charge is 0.465 e. The van der Waals surface area contributed by atoms with E-state index in [1.165, 1.54) is 0 Å². The fourth-order valence-corrected chi connectivity index (χ4v) is 6.92. The minimum atomic E-state index is -2.24. The number of nitrogens with zero attached hydrogens (tertiary/aromatic N) is 2. The molecule has 4 rings (SSSR count). The lowest BCUT2D eigenvalue weighted by atomic mass is 10.0. The van der Waals surface area contributed by atoms with Gasteiger partial charge in [0.1, 0.15) is 11.5 Å². The maximum Gasteiger partial charge on any atom is 0.320 e. The van der Waals surface area contributed by atoms with Gasteiger partial charge in [0.05, 0.1) is 46.1 Å². The summed E-state index contributed by atoms with van der Waals surface area (Å²) in [6.07, 6.45) is 0. The molecule has 51 heavy (non-hydrogen) atoms. The highest BCUT2D eigenvalue weighted by Crippen LogP contribution is 2.39. The van der Waals surface area contributed by atoms with Crippen LogP contribution in [0, 0.1) is 0 Å². The van der Waals surface area contributed by atoms with E-state index in [1.54, 1.807) is 13.8 Å². The third-order valence-corrected chi connectivity index (χ3v) is 14.2. The number of esters is 2. The van der Waals surface area contributed by atoms with Crippen LogP contribution in [-0.2, 0) is 59.3 Å². The number of hydrogen-bond acceptors (Lipinski definition) is 11. The number of benzene rings is 2. The summed E-state index contributed by atoms with van der Waals surface area (Å²) in [5.74, 6) is -0.741. The van der Waals surface area contributed by atoms with Gasteiger partial charge in [-0.1, -0.05) is 57.2 Å². The summed E-state index contributed by atoms with van der Waals surface area (Å²) >= 11 is 0. The van der Waals surface area contributed by atoms with Gasteiger partial charge in [-0.2, -0.15) is 0 Å². The molecule has 0 spiro atoms. The van der Waals surface area contributed by atoms with Crippen molar-refractivity contribution in [1.82, 2.24) is 9.80 Å². The lowest BCUT2D eigenvalue weighted by molar-refractivity contribution is -0.181. The highest BCUT2D eigenvalue weighted by atomic mass is 28.4. The van der Waals surface area contributed by atoms with Crippen LogP contribution in [0.1, 0.15) is 84.6 Å². The second kappa shape index (κ2) is 16.8. The van der Waals surface area contributed by atoms with Gasteiger partial charge in [-0.3, -0.25) is 19.4 Å². The normalized spacial score (nSPS) is 17.2. The first-order valence-corrected chi connectivity index (χ1v) is 21.0. The molecule has 0 saturated heterocycles. The molecule has 2 aromatic rings. The Kier molecular flexibility index (Phi) is 13.4. The van der Waals surface area contributed by atoms with Crippen molar-refractivity contribution in [2.45, 2.75) is 124 Å². The Morgan fingerprint density at radius 3 is 1.78 bits per heavy atom. The van der Waals surface area contributed by atoms with Gasteiger partial charge in [0.2, 0.25) is 11.6 Å². The summed E-state index contributed by atoms with van der Waals surface area (Å²) in [7, 11) is -2.24. The minimum absolute atomic E-state index is 0.0194. The van der Waals surface area contributed by atoms with E-state index < -0.39 is 19.9 Å². The Balaban J connectivity index is 1.76. The van der Waals surface area contributed by atoms with Gasteiger partial charge in [0.15, 0.2) is 8.32 Å². The van der Waals surface area contributed by atoms with Gasteiger partial charge in [-0.05, 0) is 32.0 Å². The Hall–Kier alpha value is -3.00. The fourth-order valence-electron chi connectivity index (χ4n) is 5.88. The first-order valence-electron chi connectivity index (χ1n) is 18.1. The van der Waals surface area contributed by atoms with Gasteiger partial charge >= 0.3 is 11.9 Å². The third kappa shape index (κ3) is 11.2. The average molecular weight is 729 g/mol. The minimum Gasteiger partial charge on any atom is -0.465 e. The summed E-state index contributed by atoms with van der Waals surface area (Å²) in [6, 6.07) is 11.7. The first kappa shape index (κ1) is 40.8. The van der Waals surface area contributed by atoms with E-state index in [1.807, 2.05) is 64.1 Å². The third-order valence-electron chi connectivity index (χ3n) is 9.69. The molecule has 0 aromatic heterocycles.